The van der Waals surface area contributed by atoms with Gasteiger partial charge in [-0.05, 0) is 24.1 Å². The molecule has 0 saturated carbocycles. The molecule has 1 saturated heterocycles. The number of aromatic nitrogens is 2. The van der Waals surface area contributed by atoms with Gasteiger partial charge in [0.2, 0.25) is 0 Å². The molecule has 0 amide bonds. The first-order valence-corrected chi connectivity index (χ1v) is 11.4. The van der Waals surface area contributed by atoms with Crippen molar-refractivity contribution in [3.8, 4) is 0 Å². The summed E-state index contributed by atoms with van der Waals surface area (Å²) in [7, 11) is -2.20. The lowest BCUT2D eigenvalue weighted by atomic mass is 9.94. The van der Waals surface area contributed by atoms with Crippen LogP contribution in [-0.4, -0.2) is 53.9 Å². The summed E-state index contributed by atoms with van der Waals surface area (Å²) in [6.45, 7) is 1.45. The summed E-state index contributed by atoms with van der Waals surface area (Å²) in [5.74, 6) is -3.67. The predicted molar refractivity (Wildman–Crippen MR) is 107 cm³/mol. The monoisotopic (exact) mass is 444 g/mol. The molecule has 10 heteroatoms. The van der Waals surface area contributed by atoms with Crippen molar-refractivity contribution in [2.24, 2.45) is 7.05 Å². The number of nitrogens with one attached hydrogen (secondary N) is 1. The van der Waals surface area contributed by atoms with Gasteiger partial charge in [0, 0.05) is 44.7 Å². The lowest BCUT2D eigenvalue weighted by molar-refractivity contribution is -0.0107. The fourth-order valence-electron chi connectivity index (χ4n) is 3.68. The van der Waals surface area contributed by atoms with Gasteiger partial charge in [0.15, 0.2) is 5.03 Å². The summed E-state index contributed by atoms with van der Waals surface area (Å²) in [6.07, 6.45) is 3.67. The predicted octanol–water partition coefficient (Wildman–Crippen LogP) is 3.13. The average molecular weight is 445 g/mol. The minimum Gasteiger partial charge on any atom is -0.339 e. The third-order valence-electron chi connectivity index (χ3n) is 5.39. The van der Waals surface area contributed by atoms with Crippen molar-refractivity contribution in [2.75, 3.05) is 19.6 Å². The van der Waals surface area contributed by atoms with E-state index in [1.807, 2.05) is 6.92 Å². The van der Waals surface area contributed by atoms with E-state index >= 15 is 0 Å². The van der Waals surface area contributed by atoms with Crippen LogP contribution < -0.4 is 5.32 Å². The van der Waals surface area contributed by atoms with Gasteiger partial charge in [-0.2, -0.15) is 4.31 Å². The van der Waals surface area contributed by atoms with Crippen molar-refractivity contribution < 1.29 is 21.6 Å². The van der Waals surface area contributed by atoms with Crippen LogP contribution in [0.15, 0.2) is 41.8 Å². The van der Waals surface area contributed by atoms with E-state index in [0.717, 1.165) is 0 Å². The number of benzene rings is 1. The first kappa shape index (κ1) is 22.8. The summed E-state index contributed by atoms with van der Waals surface area (Å²) < 4.78 is 70.5. The normalized spacial score (nSPS) is 20.7. The van der Waals surface area contributed by atoms with Gasteiger partial charge in [0.25, 0.3) is 15.9 Å². The summed E-state index contributed by atoms with van der Waals surface area (Å²) in [4.78, 5) is 3.93. The van der Waals surface area contributed by atoms with Gasteiger partial charge >= 0.3 is 0 Å². The summed E-state index contributed by atoms with van der Waals surface area (Å²) in [5, 5.41) is 2.79. The average Bonchev–Trinajstić information content (AvgIpc) is 3.33. The Balaban J connectivity index is 1.81. The second kappa shape index (κ2) is 9.07. The van der Waals surface area contributed by atoms with E-state index < -0.39 is 34.3 Å². The first-order valence-electron chi connectivity index (χ1n) is 9.97. The maximum absolute atomic E-state index is 14.2. The first-order chi connectivity index (χ1) is 14.1. The molecule has 1 aliphatic rings. The Morgan fingerprint density at radius 3 is 2.53 bits per heavy atom. The fourth-order valence-corrected chi connectivity index (χ4v) is 5.14. The molecule has 0 aliphatic carbocycles. The highest BCUT2D eigenvalue weighted by molar-refractivity contribution is 7.89. The van der Waals surface area contributed by atoms with Gasteiger partial charge in [-0.25, -0.2) is 26.6 Å². The Labute approximate surface area is 175 Å². The number of hydrogen-bond donors (Lipinski definition) is 1. The van der Waals surface area contributed by atoms with Gasteiger partial charge in [-0.3, -0.25) is 0 Å². The van der Waals surface area contributed by atoms with Gasteiger partial charge in [-0.1, -0.05) is 25.5 Å². The van der Waals surface area contributed by atoms with E-state index in [1.54, 1.807) is 19.2 Å². The minimum atomic E-state index is -3.87. The van der Waals surface area contributed by atoms with Crippen molar-refractivity contribution in [3.05, 3.63) is 48.2 Å². The van der Waals surface area contributed by atoms with E-state index in [1.165, 1.54) is 33.5 Å². The van der Waals surface area contributed by atoms with Crippen LogP contribution in [0.3, 0.4) is 0 Å². The SMILES string of the molecule is CCCCC(F)(F)CNC1CN(S(=O)(=O)c2cn(C)cn2)CC1c1ccc(F)cc1. The van der Waals surface area contributed by atoms with Crippen LogP contribution in [0.4, 0.5) is 13.2 Å². The molecular weight excluding hydrogens is 417 g/mol. The van der Waals surface area contributed by atoms with Crippen LogP contribution >= 0.6 is 0 Å². The third-order valence-corrected chi connectivity index (χ3v) is 7.11. The highest BCUT2D eigenvalue weighted by Crippen LogP contribution is 2.32. The number of rotatable bonds is 9. The largest absolute Gasteiger partial charge is 0.339 e. The second-order valence-corrected chi connectivity index (χ2v) is 9.69. The molecule has 2 unspecified atom stereocenters. The molecule has 1 fully saturated rings. The molecule has 3 rings (SSSR count). The Morgan fingerprint density at radius 1 is 1.23 bits per heavy atom. The zero-order valence-corrected chi connectivity index (χ0v) is 17.9. The molecule has 2 aromatic rings. The minimum absolute atomic E-state index is 0.0325. The van der Waals surface area contributed by atoms with E-state index in [2.05, 4.69) is 10.3 Å². The van der Waals surface area contributed by atoms with E-state index in [-0.39, 0.29) is 30.5 Å². The number of alkyl halides is 2. The zero-order valence-electron chi connectivity index (χ0n) is 17.1. The van der Waals surface area contributed by atoms with Crippen molar-refractivity contribution in [3.63, 3.8) is 0 Å². The number of aryl methyl sites for hydroxylation is 1. The summed E-state index contributed by atoms with van der Waals surface area (Å²) >= 11 is 0. The highest BCUT2D eigenvalue weighted by Gasteiger charge is 2.42. The quantitative estimate of drug-likeness (QED) is 0.645. The molecule has 1 aliphatic heterocycles. The Bertz CT molecular complexity index is 947. The van der Waals surface area contributed by atoms with Gasteiger partial charge in [0.05, 0.1) is 12.9 Å². The third kappa shape index (κ3) is 5.22. The topological polar surface area (TPSA) is 67.2 Å². The number of sulfonamides is 1. The molecule has 1 aromatic heterocycles. The van der Waals surface area contributed by atoms with Gasteiger partial charge in [-0.15, -0.1) is 0 Å². The molecule has 2 atom stereocenters. The second-order valence-electron chi connectivity index (χ2n) is 7.80. The lowest BCUT2D eigenvalue weighted by Gasteiger charge is -2.24. The molecule has 1 aromatic carbocycles. The van der Waals surface area contributed by atoms with E-state index in [9.17, 15) is 21.6 Å². The molecule has 0 radical (unpaired) electrons. The van der Waals surface area contributed by atoms with Crippen LogP contribution in [0.2, 0.25) is 0 Å². The van der Waals surface area contributed by atoms with Crippen LogP contribution in [0, 0.1) is 5.82 Å². The maximum Gasteiger partial charge on any atom is 0.262 e. The lowest BCUT2D eigenvalue weighted by Crippen LogP contribution is -2.43. The maximum atomic E-state index is 14.2. The molecular formula is C20H27F3N4O2S. The summed E-state index contributed by atoms with van der Waals surface area (Å²) in [6, 6.07) is 5.19. The molecule has 30 heavy (non-hydrogen) atoms. The number of halogens is 3. The molecule has 166 valence electrons. The number of unbranched alkanes of at least 4 members (excludes halogenated alkanes) is 1. The molecule has 1 N–H and O–H groups in total. The Kier molecular flexibility index (Phi) is 6.88. The van der Waals surface area contributed by atoms with Crippen molar-refractivity contribution >= 4 is 10.0 Å². The summed E-state index contributed by atoms with van der Waals surface area (Å²) in [5.41, 5.74) is 0.699. The van der Waals surface area contributed by atoms with E-state index in [0.29, 0.717) is 18.4 Å². The number of imidazole rings is 1. The molecule has 0 spiro atoms. The van der Waals surface area contributed by atoms with Crippen LogP contribution in [-0.2, 0) is 17.1 Å². The smallest absolute Gasteiger partial charge is 0.262 e. The Morgan fingerprint density at radius 2 is 1.93 bits per heavy atom. The van der Waals surface area contributed by atoms with Crippen molar-refractivity contribution in [2.45, 2.75) is 49.1 Å². The van der Waals surface area contributed by atoms with Crippen LogP contribution in [0.5, 0.6) is 0 Å². The van der Waals surface area contributed by atoms with Gasteiger partial charge in [0.1, 0.15) is 5.82 Å². The van der Waals surface area contributed by atoms with Crippen molar-refractivity contribution in [1.29, 1.82) is 0 Å². The zero-order chi connectivity index (χ0) is 21.9. The number of hydrogen-bond acceptors (Lipinski definition) is 4. The fraction of sp³-hybridized carbons (Fsp3) is 0.550. The van der Waals surface area contributed by atoms with E-state index in [4.69, 9.17) is 0 Å². The molecule has 2 heterocycles. The standard InChI is InChI=1S/C20H27F3N4O2S/c1-3-4-9-20(22,23)13-24-18-11-27(30(28,29)19-12-26(2)14-25-19)10-17(18)15-5-7-16(21)8-6-15/h5-8,12,14,17-18,24H,3-4,9-11,13H2,1-2H3. The highest BCUT2D eigenvalue weighted by atomic mass is 32.2. The van der Waals surface area contributed by atoms with Crippen LogP contribution in [0.25, 0.3) is 0 Å². The van der Waals surface area contributed by atoms with Crippen LogP contribution in [0.1, 0.15) is 37.7 Å². The molecule has 0 bridgehead atoms. The molecule has 6 nitrogen and oxygen atoms in total. The number of nitrogens with zero attached hydrogens (tertiary/aromatic N) is 3. The van der Waals surface area contributed by atoms with Gasteiger partial charge < -0.3 is 9.88 Å². The Hall–Kier alpha value is -1.91. The van der Waals surface area contributed by atoms with Crippen molar-refractivity contribution in [1.82, 2.24) is 19.2 Å².